The normalized spacial score (nSPS) is 16.6. The zero-order valence-corrected chi connectivity index (χ0v) is 15.3. The first-order valence-electron chi connectivity index (χ1n) is 8.11. The van der Waals surface area contributed by atoms with E-state index in [-0.39, 0.29) is 11.8 Å². The van der Waals surface area contributed by atoms with Crippen molar-refractivity contribution in [1.29, 1.82) is 0 Å². The average Bonchev–Trinajstić information content (AvgIpc) is 3.03. The summed E-state index contributed by atoms with van der Waals surface area (Å²) in [5.74, 6) is -0.809. The second-order valence-corrected chi connectivity index (χ2v) is 6.56. The third-order valence-corrected chi connectivity index (χ3v) is 4.55. The van der Waals surface area contributed by atoms with E-state index in [1.165, 1.54) is 4.90 Å². The molecule has 2 heterocycles. The van der Waals surface area contributed by atoms with Crippen LogP contribution in [0.5, 0.6) is 0 Å². The predicted molar refractivity (Wildman–Crippen MR) is 100 cm³/mol. The fourth-order valence-electron chi connectivity index (χ4n) is 2.73. The number of amides is 2. The number of anilines is 2. The molecule has 1 aliphatic rings. The molecule has 9 heteroatoms. The number of benzene rings is 1. The zero-order chi connectivity index (χ0) is 18.5. The number of carbonyl (C=O) groups is 2. The largest absolute Gasteiger partial charge is 0.354 e. The zero-order valence-electron chi connectivity index (χ0n) is 13.8. The first-order chi connectivity index (χ1) is 12.6. The van der Waals surface area contributed by atoms with Crippen molar-refractivity contribution in [3.05, 3.63) is 46.7 Å². The van der Waals surface area contributed by atoms with Gasteiger partial charge in [-0.05, 0) is 30.7 Å². The molecule has 3 rings (SSSR count). The minimum absolute atomic E-state index is 0.272. The van der Waals surface area contributed by atoms with Crippen molar-refractivity contribution in [3.63, 3.8) is 0 Å². The Kier molecular flexibility index (Phi) is 5.90. The number of rotatable bonds is 6. The molecule has 0 spiro atoms. The molecule has 0 bridgehead atoms. The van der Waals surface area contributed by atoms with E-state index in [4.69, 9.17) is 23.2 Å². The lowest BCUT2D eigenvalue weighted by atomic mass is 10.1. The summed E-state index contributed by atoms with van der Waals surface area (Å²) in [4.78, 5) is 34.5. The number of nitrogens with one attached hydrogen (secondary N) is 2. The smallest absolute Gasteiger partial charge is 0.239 e. The number of halogens is 2. The average molecular weight is 394 g/mol. The third-order valence-electron chi connectivity index (χ3n) is 3.99. The fourth-order valence-corrected chi connectivity index (χ4v) is 3.11. The van der Waals surface area contributed by atoms with Gasteiger partial charge in [-0.1, -0.05) is 23.2 Å². The molecule has 2 aromatic rings. The molecule has 0 unspecified atom stereocenters. The van der Waals surface area contributed by atoms with Crippen molar-refractivity contribution >= 4 is 46.7 Å². The highest BCUT2D eigenvalue weighted by atomic mass is 35.5. The molecular formula is C17H17Cl2N5O2. The van der Waals surface area contributed by atoms with Crippen LogP contribution in [0.1, 0.15) is 6.42 Å². The van der Waals surface area contributed by atoms with E-state index in [1.807, 2.05) is 0 Å². The van der Waals surface area contributed by atoms with Crippen LogP contribution in [-0.2, 0) is 9.59 Å². The van der Waals surface area contributed by atoms with Gasteiger partial charge in [0.1, 0.15) is 5.92 Å². The summed E-state index contributed by atoms with van der Waals surface area (Å²) in [5, 5.41) is 6.66. The molecule has 2 N–H and O–H groups in total. The quantitative estimate of drug-likeness (QED) is 0.580. The van der Waals surface area contributed by atoms with Crippen molar-refractivity contribution in [2.45, 2.75) is 6.42 Å². The van der Waals surface area contributed by atoms with Gasteiger partial charge in [0, 0.05) is 37.1 Å². The lowest BCUT2D eigenvalue weighted by Gasteiger charge is -2.18. The highest BCUT2D eigenvalue weighted by Crippen LogP contribution is 2.33. The van der Waals surface area contributed by atoms with E-state index in [0.29, 0.717) is 47.7 Å². The van der Waals surface area contributed by atoms with Crippen LogP contribution in [0.3, 0.4) is 0 Å². The van der Waals surface area contributed by atoms with Crippen molar-refractivity contribution in [2.24, 2.45) is 5.92 Å². The van der Waals surface area contributed by atoms with Gasteiger partial charge < -0.3 is 15.5 Å². The van der Waals surface area contributed by atoms with Crippen molar-refractivity contribution in [1.82, 2.24) is 15.3 Å². The summed E-state index contributed by atoms with van der Waals surface area (Å²) in [6.45, 7) is 1.24. The van der Waals surface area contributed by atoms with Crippen LogP contribution < -0.4 is 15.5 Å². The van der Waals surface area contributed by atoms with E-state index >= 15 is 0 Å². The van der Waals surface area contributed by atoms with E-state index in [1.54, 1.807) is 36.7 Å². The number of hydrogen-bond donors (Lipinski definition) is 2. The van der Waals surface area contributed by atoms with Crippen LogP contribution in [-0.4, -0.2) is 41.4 Å². The van der Waals surface area contributed by atoms with Gasteiger partial charge in [-0.25, -0.2) is 9.97 Å². The van der Waals surface area contributed by atoms with Crippen LogP contribution in [0.25, 0.3) is 0 Å². The molecule has 7 nitrogen and oxygen atoms in total. The molecule has 1 aliphatic heterocycles. The maximum atomic E-state index is 12.6. The summed E-state index contributed by atoms with van der Waals surface area (Å²) in [6, 6.07) is 6.64. The molecule has 1 aromatic carbocycles. The Morgan fingerprint density at radius 1 is 1.23 bits per heavy atom. The van der Waals surface area contributed by atoms with Crippen LogP contribution in [0, 0.1) is 5.92 Å². The fraction of sp³-hybridized carbons (Fsp3) is 0.294. The van der Waals surface area contributed by atoms with Crippen molar-refractivity contribution in [3.8, 4) is 0 Å². The molecule has 0 saturated carbocycles. The van der Waals surface area contributed by atoms with E-state index in [0.717, 1.165) is 0 Å². The summed E-state index contributed by atoms with van der Waals surface area (Å²) in [6.07, 6.45) is 3.68. The Morgan fingerprint density at radius 2 is 2.00 bits per heavy atom. The van der Waals surface area contributed by atoms with E-state index in [2.05, 4.69) is 20.6 Å². The molecule has 0 radical (unpaired) electrons. The molecule has 1 fully saturated rings. The second-order valence-electron chi connectivity index (χ2n) is 5.72. The van der Waals surface area contributed by atoms with Gasteiger partial charge in [0.15, 0.2) is 0 Å². The minimum Gasteiger partial charge on any atom is -0.354 e. The molecule has 1 saturated heterocycles. The Morgan fingerprint density at radius 3 is 2.77 bits per heavy atom. The lowest BCUT2D eigenvalue weighted by Crippen LogP contribution is -2.38. The number of carbonyl (C=O) groups excluding carboxylic acids is 2. The van der Waals surface area contributed by atoms with E-state index < -0.39 is 5.92 Å². The maximum Gasteiger partial charge on any atom is 0.239 e. The lowest BCUT2D eigenvalue weighted by molar-refractivity contribution is -0.132. The van der Waals surface area contributed by atoms with Gasteiger partial charge >= 0.3 is 0 Å². The van der Waals surface area contributed by atoms with Gasteiger partial charge in [-0.2, -0.15) is 0 Å². The van der Waals surface area contributed by atoms with Gasteiger partial charge in [-0.15, -0.1) is 0 Å². The number of nitrogens with zero attached hydrogens (tertiary/aromatic N) is 3. The molecule has 26 heavy (non-hydrogen) atoms. The maximum absolute atomic E-state index is 12.6. The summed E-state index contributed by atoms with van der Waals surface area (Å²) >= 11 is 12.1. The molecule has 136 valence electrons. The van der Waals surface area contributed by atoms with Gasteiger partial charge in [0.2, 0.25) is 17.8 Å². The van der Waals surface area contributed by atoms with Gasteiger partial charge in [0.25, 0.3) is 0 Å². The monoisotopic (exact) mass is 393 g/mol. The molecule has 1 atom stereocenters. The Labute approximate surface area is 160 Å². The SMILES string of the molecule is O=C(NCCNc1ncccn1)[C@@H]1CCN(c2cc(Cl)ccc2Cl)C1=O. The standard InChI is InChI=1S/C17H17Cl2N5O2/c18-11-2-3-13(19)14(10-11)24-9-4-12(16(24)26)15(25)20-7-8-23-17-21-5-1-6-22-17/h1-3,5-6,10,12H,4,7-9H2,(H,20,25)(H,21,22,23)/t12-/m0/s1. The molecule has 1 aromatic heterocycles. The van der Waals surface area contributed by atoms with Gasteiger partial charge in [0.05, 0.1) is 10.7 Å². The third kappa shape index (κ3) is 4.23. The highest BCUT2D eigenvalue weighted by Gasteiger charge is 2.38. The Bertz CT molecular complexity index is 803. The Hall–Kier alpha value is -2.38. The van der Waals surface area contributed by atoms with Crippen LogP contribution in [0.2, 0.25) is 10.0 Å². The summed E-state index contributed by atoms with van der Waals surface area (Å²) in [5.41, 5.74) is 0.530. The molecular weight excluding hydrogens is 377 g/mol. The summed E-state index contributed by atoms with van der Waals surface area (Å²) < 4.78 is 0. The second kappa shape index (κ2) is 8.33. The Balaban J connectivity index is 1.52. The first-order valence-corrected chi connectivity index (χ1v) is 8.87. The van der Waals surface area contributed by atoms with Crippen LogP contribution >= 0.6 is 23.2 Å². The summed E-state index contributed by atoms with van der Waals surface area (Å²) in [7, 11) is 0. The minimum atomic E-state index is -0.724. The van der Waals surface area contributed by atoms with Crippen molar-refractivity contribution in [2.75, 3.05) is 29.9 Å². The van der Waals surface area contributed by atoms with Gasteiger partial charge in [-0.3, -0.25) is 9.59 Å². The van der Waals surface area contributed by atoms with Crippen LogP contribution in [0.15, 0.2) is 36.7 Å². The molecule has 2 amide bonds. The number of aromatic nitrogens is 2. The predicted octanol–water partition coefficient (Wildman–Crippen LogP) is 2.36. The van der Waals surface area contributed by atoms with Crippen LogP contribution in [0.4, 0.5) is 11.6 Å². The highest BCUT2D eigenvalue weighted by molar-refractivity contribution is 6.36. The molecule has 0 aliphatic carbocycles. The van der Waals surface area contributed by atoms with E-state index in [9.17, 15) is 9.59 Å². The topological polar surface area (TPSA) is 87.2 Å². The van der Waals surface area contributed by atoms with Crippen molar-refractivity contribution < 1.29 is 9.59 Å². The first kappa shape index (κ1) is 18.4. The number of hydrogen-bond acceptors (Lipinski definition) is 5.